The van der Waals surface area contributed by atoms with E-state index in [0.717, 1.165) is 38.2 Å². The lowest BCUT2D eigenvalue weighted by atomic mass is 10.2. The number of hydrogen-bond donors (Lipinski definition) is 1. The highest BCUT2D eigenvalue weighted by Gasteiger charge is 2.28. The Kier molecular flexibility index (Phi) is 4.01. The van der Waals surface area contributed by atoms with Gasteiger partial charge in [-0.2, -0.15) is 5.10 Å². The molecule has 1 unspecified atom stereocenters. The van der Waals surface area contributed by atoms with Gasteiger partial charge in [0.05, 0.1) is 5.69 Å². The van der Waals surface area contributed by atoms with Gasteiger partial charge in [-0.3, -0.25) is 9.48 Å². The van der Waals surface area contributed by atoms with E-state index in [4.69, 9.17) is 0 Å². The summed E-state index contributed by atoms with van der Waals surface area (Å²) in [6, 6.07) is 2.19. The molecule has 1 fully saturated rings. The van der Waals surface area contributed by atoms with Crippen LogP contribution in [0.25, 0.3) is 0 Å². The van der Waals surface area contributed by atoms with Crippen LogP contribution in [0.15, 0.2) is 6.07 Å². The first-order valence-corrected chi connectivity index (χ1v) is 6.65. The number of amides is 1. The Hall–Kier alpha value is -1.36. The van der Waals surface area contributed by atoms with E-state index in [2.05, 4.69) is 17.3 Å². The smallest absolute Gasteiger partial charge is 0.272 e. The van der Waals surface area contributed by atoms with Gasteiger partial charge in [0.15, 0.2) is 0 Å². The van der Waals surface area contributed by atoms with E-state index in [9.17, 15) is 4.79 Å². The number of aryl methyl sites for hydroxylation is 2. The zero-order valence-electron chi connectivity index (χ0n) is 11.4. The third-order valence-electron chi connectivity index (χ3n) is 3.42. The second kappa shape index (κ2) is 5.52. The molecule has 0 aromatic carbocycles. The van der Waals surface area contributed by atoms with Crippen LogP contribution >= 0.6 is 0 Å². The Morgan fingerprint density at radius 2 is 2.44 bits per heavy atom. The van der Waals surface area contributed by atoms with Crippen molar-refractivity contribution in [3.05, 3.63) is 17.5 Å². The number of carbonyl (C=O) groups is 1. The van der Waals surface area contributed by atoms with Crippen LogP contribution in [-0.2, 0) is 7.05 Å². The van der Waals surface area contributed by atoms with Crippen molar-refractivity contribution >= 4 is 5.91 Å². The first-order valence-electron chi connectivity index (χ1n) is 6.65. The van der Waals surface area contributed by atoms with Crippen LogP contribution in [0.4, 0.5) is 0 Å². The Bertz CT molecular complexity index is 421. The van der Waals surface area contributed by atoms with Gasteiger partial charge in [0.2, 0.25) is 0 Å². The summed E-state index contributed by atoms with van der Waals surface area (Å²) in [5, 5.41) is 7.58. The second-order valence-electron chi connectivity index (χ2n) is 4.94. The SMILES string of the molecule is CCCN(C(=O)c1cc(C)nn1C)C1CCNC1. The van der Waals surface area contributed by atoms with Crippen molar-refractivity contribution in [2.24, 2.45) is 7.05 Å². The fourth-order valence-electron chi connectivity index (χ4n) is 2.55. The molecule has 100 valence electrons. The summed E-state index contributed by atoms with van der Waals surface area (Å²) in [7, 11) is 1.83. The van der Waals surface area contributed by atoms with Gasteiger partial charge in [-0.1, -0.05) is 6.92 Å². The van der Waals surface area contributed by atoms with Gasteiger partial charge in [0, 0.05) is 26.2 Å². The molecule has 1 aliphatic rings. The molecule has 2 heterocycles. The molecule has 0 radical (unpaired) electrons. The molecule has 1 amide bonds. The molecule has 2 rings (SSSR count). The van der Waals surface area contributed by atoms with Crippen molar-refractivity contribution in [2.45, 2.75) is 32.7 Å². The number of hydrogen-bond acceptors (Lipinski definition) is 3. The third kappa shape index (κ3) is 2.56. The van der Waals surface area contributed by atoms with Gasteiger partial charge in [-0.15, -0.1) is 0 Å². The maximum absolute atomic E-state index is 12.6. The van der Waals surface area contributed by atoms with Gasteiger partial charge in [0.25, 0.3) is 5.91 Å². The largest absolute Gasteiger partial charge is 0.333 e. The van der Waals surface area contributed by atoms with Crippen LogP contribution in [0, 0.1) is 6.92 Å². The van der Waals surface area contributed by atoms with Gasteiger partial charge in [-0.25, -0.2) is 0 Å². The fourth-order valence-corrected chi connectivity index (χ4v) is 2.55. The first-order chi connectivity index (χ1) is 8.63. The molecule has 5 nitrogen and oxygen atoms in total. The Morgan fingerprint density at radius 1 is 1.67 bits per heavy atom. The van der Waals surface area contributed by atoms with Crippen molar-refractivity contribution < 1.29 is 4.79 Å². The molecule has 1 N–H and O–H groups in total. The quantitative estimate of drug-likeness (QED) is 0.865. The van der Waals surface area contributed by atoms with Crippen LogP contribution in [0.2, 0.25) is 0 Å². The molecule has 0 aliphatic carbocycles. The standard InChI is InChI=1S/C13H22N4O/c1-4-7-17(11-5-6-14-9-11)13(18)12-8-10(2)15-16(12)3/h8,11,14H,4-7,9H2,1-3H3. The summed E-state index contributed by atoms with van der Waals surface area (Å²) in [6.07, 6.45) is 2.03. The molecule has 0 spiro atoms. The average Bonchev–Trinajstić information content (AvgIpc) is 2.95. The minimum absolute atomic E-state index is 0.105. The predicted octanol–water partition coefficient (Wildman–Crippen LogP) is 0.943. The van der Waals surface area contributed by atoms with E-state index in [-0.39, 0.29) is 5.91 Å². The summed E-state index contributed by atoms with van der Waals surface area (Å²) >= 11 is 0. The van der Waals surface area contributed by atoms with E-state index >= 15 is 0 Å². The Balaban J connectivity index is 2.19. The molecular weight excluding hydrogens is 228 g/mol. The van der Waals surface area contributed by atoms with Crippen LogP contribution in [-0.4, -0.2) is 46.3 Å². The average molecular weight is 250 g/mol. The van der Waals surface area contributed by atoms with Gasteiger partial charge in [-0.05, 0) is 32.4 Å². The molecule has 0 bridgehead atoms. The molecule has 1 aromatic heterocycles. The molecular formula is C13H22N4O. The van der Waals surface area contributed by atoms with Gasteiger partial charge < -0.3 is 10.2 Å². The summed E-state index contributed by atoms with van der Waals surface area (Å²) in [6.45, 7) is 6.75. The van der Waals surface area contributed by atoms with E-state index in [1.807, 2.05) is 24.9 Å². The lowest BCUT2D eigenvalue weighted by molar-refractivity contribution is 0.0681. The highest BCUT2D eigenvalue weighted by Crippen LogP contribution is 2.14. The fraction of sp³-hybridized carbons (Fsp3) is 0.692. The van der Waals surface area contributed by atoms with Crippen LogP contribution in [0.1, 0.15) is 35.9 Å². The predicted molar refractivity (Wildman–Crippen MR) is 70.5 cm³/mol. The zero-order chi connectivity index (χ0) is 13.1. The van der Waals surface area contributed by atoms with Crippen LogP contribution < -0.4 is 5.32 Å². The monoisotopic (exact) mass is 250 g/mol. The first kappa shape index (κ1) is 13.1. The molecule has 1 aromatic rings. The summed E-state index contributed by atoms with van der Waals surface area (Å²) in [5.41, 5.74) is 1.58. The Morgan fingerprint density at radius 3 is 2.94 bits per heavy atom. The van der Waals surface area contributed by atoms with Crippen LogP contribution in [0.5, 0.6) is 0 Å². The lowest BCUT2D eigenvalue weighted by Crippen LogP contribution is -2.42. The van der Waals surface area contributed by atoms with Gasteiger partial charge in [0.1, 0.15) is 5.69 Å². The van der Waals surface area contributed by atoms with Crippen molar-refractivity contribution in [3.8, 4) is 0 Å². The topological polar surface area (TPSA) is 50.2 Å². The second-order valence-corrected chi connectivity index (χ2v) is 4.94. The van der Waals surface area contributed by atoms with E-state index in [0.29, 0.717) is 11.7 Å². The molecule has 18 heavy (non-hydrogen) atoms. The van der Waals surface area contributed by atoms with Crippen molar-refractivity contribution in [1.82, 2.24) is 20.0 Å². The number of rotatable bonds is 4. The van der Waals surface area contributed by atoms with Crippen LogP contribution in [0.3, 0.4) is 0 Å². The lowest BCUT2D eigenvalue weighted by Gasteiger charge is -2.28. The molecule has 1 saturated heterocycles. The zero-order valence-corrected chi connectivity index (χ0v) is 11.4. The number of aromatic nitrogens is 2. The highest BCUT2D eigenvalue weighted by atomic mass is 16.2. The molecule has 0 saturated carbocycles. The van der Waals surface area contributed by atoms with Crippen molar-refractivity contribution in [3.63, 3.8) is 0 Å². The van der Waals surface area contributed by atoms with E-state index < -0.39 is 0 Å². The number of carbonyl (C=O) groups excluding carboxylic acids is 1. The minimum atomic E-state index is 0.105. The third-order valence-corrected chi connectivity index (χ3v) is 3.42. The summed E-state index contributed by atoms with van der Waals surface area (Å²) < 4.78 is 1.68. The Labute approximate surface area is 108 Å². The number of nitrogens with zero attached hydrogens (tertiary/aromatic N) is 3. The van der Waals surface area contributed by atoms with Crippen molar-refractivity contribution in [2.75, 3.05) is 19.6 Å². The van der Waals surface area contributed by atoms with Crippen molar-refractivity contribution in [1.29, 1.82) is 0 Å². The summed E-state index contributed by atoms with van der Waals surface area (Å²) in [5.74, 6) is 0.105. The van der Waals surface area contributed by atoms with Gasteiger partial charge >= 0.3 is 0 Å². The minimum Gasteiger partial charge on any atom is -0.333 e. The molecule has 5 heteroatoms. The number of nitrogens with one attached hydrogen (secondary N) is 1. The molecule has 1 aliphatic heterocycles. The normalized spacial score (nSPS) is 19.2. The van der Waals surface area contributed by atoms with E-state index in [1.165, 1.54) is 0 Å². The maximum atomic E-state index is 12.6. The molecule has 1 atom stereocenters. The maximum Gasteiger partial charge on any atom is 0.272 e. The van der Waals surface area contributed by atoms with E-state index in [1.54, 1.807) is 4.68 Å². The highest BCUT2D eigenvalue weighted by molar-refractivity contribution is 5.93. The summed E-state index contributed by atoms with van der Waals surface area (Å²) in [4.78, 5) is 14.6.